The van der Waals surface area contributed by atoms with Gasteiger partial charge in [0.1, 0.15) is 0 Å². The van der Waals surface area contributed by atoms with E-state index >= 15 is 0 Å². The Morgan fingerprint density at radius 2 is 2.11 bits per heavy atom. The molecule has 1 saturated heterocycles. The first kappa shape index (κ1) is 14.7. The minimum absolute atomic E-state index is 0.0993. The zero-order valence-corrected chi connectivity index (χ0v) is 10.3. The topological polar surface area (TPSA) is 91.3 Å². The van der Waals surface area contributed by atoms with Crippen molar-refractivity contribution in [1.29, 1.82) is 0 Å². The van der Waals surface area contributed by atoms with Crippen molar-refractivity contribution in [3.63, 3.8) is 0 Å². The number of rotatable bonds is 6. The quantitative estimate of drug-likeness (QED) is 0.562. The Hall–Kier alpha value is -1.34. The smallest absolute Gasteiger partial charge is 0.436 e. The molecule has 104 valence electrons. The fraction of sp³-hybridized carbons (Fsp3) is 0.818. The number of carbonyl (C=O) groups is 2. The lowest BCUT2D eigenvalue weighted by Crippen LogP contribution is -2.19. The highest BCUT2D eigenvalue weighted by atomic mass is 16.7. The second-order valence-corrected chi connectivity index (χ2v) is 3.72. The zero-order valence-electron chi connectivity index (χ0n) is 10.3. The van der Waals surface area contributed by atoms with Crippen LogP contribution in [0.5, 0.6) is 0 Å². The van der Waals surface area contributed by atoms with Gasteiger partial charge in [-0.2, -0.15) is 0 Å². The summed E-state index contributed by atoms with van der Waals surface area (Å²) in [5.41, 5.74) is 0. The van der Waals surface area contributed by atoms with E-state index in [-0.39, 0.29) is 19.6 Å². The first-order valence-corrected chi connectivity index (χ1v) is 5.94. The van der Waals surface area contributed by atoms with Crippen LogP contribution < -0.4 is 0 Å². The van der Waals surface area contributed by atoms with Gasteiger partial charge in [0.25, 0.3) is 0 Å². The third-order valence-electron chi connectivity index (χ3n) is 2.23. The zero-order chi connectivity index (χ0) is 13.4. The molecule has 0 spiro atoms. The maximum Gasteiger partial charge on any atom is 0.508 e. The van der Waals surface area contributed by atoms with E-state index in [2.05, 4.69) is 9.47 Å². The SMILES string of the molecule is CCOC(=O)OCCCC(=O)OC1CCC(O)O1. The summed E-state index contributed by atoms with van der Waals surface area (Å²) in [4.78, 5) is 22.1. The number of carbonyl (C=O) groups excluding carboxylic acids is 2. The lowest BCUT2D eigenvalue weighted by Gasteiger charge is -2.11. The molecule has 1 heterocycles. The van der Waals surface area contributed by atoms with Crippen molar-refractivity contribution in [2.75, 3.05) is 13.2 Å². The average molecular weight is 262 g/mol. The summed E-state index contributed by atoms with van der Waals surface area (Å²) in [5.74, 6) is -0.443. The van der Waals surface area contributed by atoms with Crippen molar-refractivity contribution in [1.82, 2.24) is 0 Å². The predicted molar refractivity (Wildman–Crippen MR) is 58.4 cm³/mol. The number of aliphatic hydroxyl groups excluding tert-OH is 1. The molecule has 0 saturated carbocycles. The van der Waals surface area contributed by atoms with Crippen molar-refractivity contribution in [2.24, 2.45) is 0 Å². The van der Waals surface area contributed by atoms with E-state index in [1.54, 1.807) is 6.92 Å². The van der Waals surface area contributed by atoms with Crippen LogP contribution in [0.25, 0.3) is 0 Å². The molecule has 7 nitrogen and oxygen atoms in total. The van der Waals surface area contributed by atoms with Gasteiger partial charge in [0.2, 0.25) is 6.29 Å². The van der Waals surface area contributed by atoms with Gasteiger partial charge in [0.15, 0.2) is 6.29 Å². The normalized spacial score (nSPS) is 22.6. The van der Waals surface area contributed by atoms with Crippen LogP contribution in [0, 0.1) is 0 Å². The molecule has 1 aliphatic rings. The Morgan fingerprint density at radius 1 is 1.33 bits per heavy atom. The summed E-state index contributed by atoms with van der Waals surface area (Å²) >= 11 is 0. The molecule has 0 bridgehead atoms. The number of ether oxygens (including phenoxy) is 4. The molecule has 1 aliphatic heterocycles. The van der Waals surface area contributed by atoms with Gasteiger partial charge in [-0.3, -0.25) is 4.79 Å². The van der Waals surface area contributed by atoms with Crippen LogP contribution in [-0.2, 0) is 23.7 Å². The van der Waals surface area contributed by atoms with E-state index in [1.165, 1.54) is 0 Å². The summed E-state index contributed by atoms with van der Waals surface area (Å²) in [6.45, 7) is 2.03. The molecule has 0 aliphatic carbocycles. The average Bonchev–Trinajstić information content (AvgIpc) is 2.70. The summed E-state index contributed by atoms with van der Waals surface area (Å²) in [7, 11) is 0. The van der Waals surface area contributed by atoms with Gasteiger partial charge >= 0.3 is 12.1 Å². The summed E-state index contributed by atoms with van der Waals surface area (Å²) in [6.07, 6.45) is -0.833. The number of aliphatic hydroxyl groups is 1. The fourth-order valence-corrected chi connectivity index (χ4v) is 1.41. The molecule has 0 aromatic rings. The van der Waals surface area contributed by atoms with Crippen molar-refractivity contribution in [3.8, 4) is 0 Å². The van der Waals surface area contributed by atoms with Gasteiger partial charge in [-0.25, -0.2) is 4.79 Å². The second kappa shape index (κ2) is 7.88. The van der Waals surface area contributed by atoms with E-state index in [9.17, 15) is 9.59 Å². The van der Waals surface area contributed by atoms with Crippen LogP contribution in [0.4, 0.5) is 4.79 Å². The first-order chi connectivity index (χ1) is 8.61. The highest BCUT2D eigenvalue weighted by Crippen LogP contribution is 2.19. The van der Waals surface area contributed by atoms with E-state index in [0.29, 0.717) is 19.3 Å². The standard InChI is InChI=1S/C11H18O7/c1-2-15-11(14)16-7-3-4-8(12)17-10-6-5-9(13)18-10/h9-10,13H,2-7H2,1H3. The Bertz CT molecular complexity index is 279. The van der Waals surface area contributed by atoms with Gasteiger partial charge in [-0.15, -0.1) is 0 Å². The largest absolute Gasteiger partial charge is 0.508 e. The monoisotopic (exact) mass is 262 g/mol. The third-order valence-corrected chi connectivity index (χ3v) is 2.23. The second-order valence-electron chi connectivity index (χ2n) is 3.72. The highest BCUT2D eigenvalue weighted by Gasteiger charge is 2.26. The van der Waals surface area contributed by atoms with Crippen molar-refractivity contribution in [3.05, 3.63) is 0 Å². The van der Waals surface area contributed by atoms with Crippen molar-refractivity contribution < 1.29 is 33.6 Å². The van der Waals surface area contributed by atoms with E-state index in [0.717, 1.165) is 0 Å². The molecule has 1 rings (SSSR count). The van der Waals surface area contributed by atoms with E-state index < -0.39 is 24.7 Å². The molecule has 0 amide bonds. The minimum Gasteiger partial charge on any atom is -0.436 e. The fourth-order valence-electron chi connectivity index (χ4n) is 1.41. The Morgan fingerprint density at radius 3 is 2.72 bits per heavy atom. The maximum absolute atomic E-state index is 11.3. The molecule has 7 heteroatoms. The lowest BCUT2D eigenvalue weighted by atomic mass is 10.3. The van der Waals surface area contributed by atoms with Gasteiger partial charge in [0.05, 0.1) is 13.2 Å². The summed E-state index contributed by atoms with van der Waals surface area (Å²) in [6, 6.07) is 0. The van der Waals surface area contributed by atoms with Crippen LogP contribution in [0.1, 0.15) is 32.6 Å². The van der Waals surface area contributed by atoms with Gasteiger partial charge in [0, 0.05) is 19.3 Å². The Labute approximate surface area is 105 Å². The van der Waals surface area contributed by atoms with Crippen molar-refractivity contribution in [2.45, 2.75) is 45.2 Å². The lowest BCUT2D eigenvalue weighted by molar-refractivity contribution is -0.196. The third kappa shape index (κ3) is 5.83. The number of hydrogen-bond donors (Lipinski definition) is 1. The summed E-state index contributed by atoms with van der Waals surface area (Å²) in [5, 5.41) is 9.05. The van der Waals surface area contributed by atoms with Crippen LogP contribution >= 0.6 is 0 Å². The van der Waals surface area contributed by atoms with E-state index in [1.807, 2.05) is 0 Å². The molecule has 18 heavy (non-hydrogen) atoms. The van der Waals surface area contributed by atoms with Crippen LogP contribution in [0.2, 0.25) is 0 Å². The number of hydrogen-bond acceptors (Lipinski definition) is 7. The number of esters is 1. The van der Waals surface area contributed by atoms with Gasteiger partial charge in [-0.1, -0.05) is 0 Å². The maximum atomic E-state index is 11.3. The Balaban J connectivity index is 2.01. The highest BCUT2D eigenvalue weighted by molar-refractivity contribution is 5.69. The molecule has 2 atom stereocenters. The molecular weight excluding hydrogens is 244 g/mol. The van der Waals surface area contributed by atoms with Crippen LogP contribution in [0.15, 0.2) is 0 Å². The van der Waals surface area contributed by atoms with Crippen molar-refractivity contribution >= 4 is 12.1 Å². The Kier molecular flexibility index (Phi) is 6.45. The van der Waals surface area contributed by atoms with Crippen LogP contribution in [-0.4, -0.2) is 43.0 Å². The molecule has 0 aromatic heterocycles. The molecule has 2 unspecified atom stereocenters. The summed E-state index contributed by atoms with van der Waals surface area (Å²) < 4.78 is 19.1. The van der Waals surface area contributed by atoms with Gasteiger partial charge in [-0.05, 0) is 13.3 Å². The molecule has 1 N–H and O–H groups in total. The molecule has 0 radical (unpaired) electrons. The van der Waals surface area contributed by atoms with Gasteiger partial charge < -0.3 is 24.1 Å². The molecular formula is C11H18O7. The molecule has 0 aromatic carbocycles. The molecule has 1 fully saturated rings. The first-order valence-electron chi connectivity index (χ1n) is 5.94. The predicted octanol–water partition coefficient (Wildman–Crippen LogP) is 0.938. The van der Waals surface area contributed by atoms with E-state index in [4.69, 9.17) is 14.6 Å². The van der Waals surface area contributed by atoms with Crippen LogP contribution in [0.3, 0.4) is 0 Å². The minimum atomic E-state index is -0.852.